The van der Waals surface area contributed by atoms with Crippen LogP contribution in [0.4, 0.5) is 0 Å². The minimum absolute atomic E-state index is 0.0224. The lowest BCUT2D eigenvalue weighted by Crippen LogP contribution is -2.60. The molecule has 10 atom stereocenters. The zero-order chi connectivity index (χ0) is 43.1. The molecule has 4 amide bonds. The number of hydrogen-bond acceptors (Lipinski definition) is 9. The Morgan fingerprint density at radius 1 is 0.912 bits per heavy atom. The molecule has 57 heavy (non-hydrogen) atoms. The largest absolute Gasteiger partial charge is 0.480 e. The number of amides is 4. The highest BCUT2D eigenvalue weighted by molar-refractivity contribution is 5.90. The Morgan fingerprint density at radius 3 is 2.05 bits per heavy atom. The van der Waals surface area contributed by atoms with Crippen LogP contribution in [0.5, 0.6) is 0 Å². The molecule has 0 spiro atoms. The van der Waals surface area contributed by atoms with Crippen LogP contribution in [0.2, 0.25) is 0 Å². The Kier molecular flexibility index (Phi) is 20.6. The number of carboxylic acid groups (broad SMARTS) is 1. The van der Waals surface area contributed by atoms with E-state index in [1.165, 1.54) is 14.2 Å². The predicted octanol–water partition coefficient (Wildman–Crippen LogP) is 3.55. The van der Waals surface area contributed by atoms with Gasteiger partial charge in [-0.25, -0.2) is 4.79 Å². The van der Waals surface area contributed by atoms with Gasteiger partial charge in [0.05, 0.1) is 42.7 Å². The molecular formula is C43H74N6O8. The van der Waals surface area contributed by atoms with E-state index in [9.17, 15) is 29.1 Å². The first kappa shape index (κ1) is 49.6. The van der Waals surface area contributed by atoms with Crippen LogP contribution in [-0.2, 0) is 39.9 Å². The SMILES string of the molecule is CC[C@H](N)CN(C)[C@H](C(=O)NC(C(=O)N(C)[C@@H]([C@@H](C)CC)[C@@H](CC(=O)N1CCC[C@H]1[C@H](OC)[C@@H](C)C(=O)N[C@@H](Cc1ccccc1)C(=O)O)OC)C(C)C)C(C)C. The van der Waals surface area contributed by atoms with Crippen molar-refractivity contribution in [1.82, 2.24) is 25.3 Å². The van der Waals surface area contributed by atoms with Crippen LogP contribution in [0.25, 0.3) is 0 Å². The average molecular weight is 803 g/mol. The number of carboxylic acids is 1. The number of carbonyl (C=O) groups excluding carboxylic acids is 4. The lowest BCUT2D eigenvalue weighted by atomic mass is 9.89. The molecule has 1 heterocycles. The molecule has 1 aliphatic rings. The molecule has 0 radical (unpaired) electrons. The summed E-state index contributed by atoms with van der Waals surface area (Å²) in [4.78, 5) is 73.5. The quantitative estimate of drug-likeness (QED) is 0.121. The summed E-state index contributed by atoms with van der Waals surface area (Å²) >= 11 is 0. The Balaban J connectivity index is 2.28. The van der Waals surface area contributed by atoms with Gasteiger partial charge in [-0.2, -0.15) is 0 Å². The molecule has 1 aliphatic heterocycles. The van der Waals surface area contributed by atoms with E-state index in [0.717, 1.165) is 12.0 Å². The predicted molar refractivity (Wildman–Crippen MR) is 222 cm³/mol. The number of ether oxygens (including phenoxy) is 2. The highest BCUT2D eigenvalue weighted by Gasteiger charge is 2.43. The van der Waals surface area contributed by atoms with Gasteiger partial charge in [-0.1, -0.05) is 92.1 Å². The molecule has 1 aromatic carbocycles. The first-order valence-electron chi connectivity index (χ1n) is 20.8. The number of likely N-dealkylation sites (N-methyl/N-ethyl adjacent to an activating group) is 2. The van der Waals surface area contributed by atoms with Crippen molar-refractivity contribution in [3.63, 3.8) is 0 Å². The van der Waals surface area contributed by atoms with E-state index < -0.39 is 60.2 Å². The first-order valence-corrected chi connectivity index (χ1v) is 20.8. The fraction of sp³-hybridized carbons (Fsp3) is 0.744. The second-order valence-electron chi connectivity index (χ2n) is 16.7. The summed E-state index contributed by atoms with van der Waals surface area (Å²) in [7, 11) is 6.63. The van der Waals surface area contributed by atoms with E-state index in [-0.39, 0.29) is 54.4 Å². The number of nitrogens with two attached hydrogens (primary N) is 1. The first-order chi connectivity index (χ1) is 26.8. The number of nitrogens with zero attached hydrogens (tertiary/aromatic N) is 3. The Morgan fingerprint density at radius 2 is 1.54 bits per heavy atom. The normalized spacial score (nSPS) is 19.3. The smallest absolute Gasteiger partial charge is 0.326 e. The number of hydrogen-bond donors (Lipinski definition) is 4. The number of aliphatic carboxylic acids is 1. The Bertz CT molecular complexity index is 1430. The molecule has 1 fully saturated rings. The molecular weight excluding hydrogens is 729 g/mol. The molecule has 14 heteroatoms. The van der Waals surface area contributed by atoms with Crippen molar-refractivity contribution in [2.75, 3.05) is 41.4 Å². The van der Waals surface area contributed by atoms with Gasteiger partial charge < -0.3 is 40.7 Å². The summed E-state index contributed by atoms with van der Waals surface area (Å²) in [6.07, 6.45) is 1.53. The van der Waals surface area contributed by atoms with Gasteiger partial charge in [-0.15, -0.1) is 0 Å². The second-order valence-corrected chi connectivity index (χ2v) is 16.7. The lowest BCUT2D eigenvalue weighted by Gasteiger charge is -2.41. The molecule has 1 saturated heterocycles. The maximum absolute atomic E-state index is 14.4. The second kappa shape index (κ2) is 23.7. The zero-order valence-corrected chi connectivity index (χ0v) is 36.7. The zero-order valence-electron chi connectivity index (χ0n) is 36.7. The average Bonchev–Trinajstić information content (AvgIpc) is 3.65. The minimum Gasteiger partial charge on any atom is -0.480 e. The van der Waals surface area contributed by atoms with Crippen LogP contribution in [-0.4, -0.2) is 139 Å². The van der Waals surface area contributed by atoms with Crippen LogP contribution in [0.15, 0.2) is 30.3 Å². The summed E-state index contributed by atoms with van der Waals surface area (Å²) in [5.41, 5.74) is 7.01. The van der Waals surface area contributed by atoms with Crippen molar-refractivity contribution < 1.29 is 38.6 Å². The van der Waals surface area contributed by atoms with E-state index in [4.69, 9.17) is 15.2 Å². The summed E-state index contributed by atoms with van der Waals surface area (Å²) in [5.74, 6) is -3.38. The molecule has 2 rings (SSSR count). The van der Waals surface area contributed by atoms with Crippen molar-refractivity contribution >= 4 is 29.6 Å². The number of methoxy groups -OCH3 is 2. The van der Waals surface area contributed by atoms with Crippen molar-refractivity contribution in [1.29, 1.82) is 0 Å². The number of nitrogens with one attached hydrogen (secondary N) is 2. The summed E-state index contributed by atoms with van der Waals surface area (Å²) in [6, 6.07) is 5.66. The van der Waals surface area contributed by atoms with Crippen LogP contribution in [0.1, 0.15) is 93.1 Å². The van der Waals surface area contributed by atoms with Gasteiger partial charge >= 0.3 is 5.97 Å². The van der Waals surface area contributed by atoms with Gasteiger partial charge in [0.15, 0.2) is 0 Å². The third-order valence-corrected chi connectivity index (χ3v) is 11.8. The molecule has 0 saturated carbocycles. The number of carbonyl (C=O) groups is 5. The van der Waals surface area contributed by atoms with Crippen LogP contribution in [0.3, 0.4) is 0 Å². The van der Waals surface area contributed by atoms with Crippen LogP contribution < -0.4 is 16.4 Å². The maximum atomic E-state index is 14.4. The van der Waals surface area contributed by atoms with E-state index in [1.54, 1.807) is 23.8 Å². The summed E-state index contributed by atoms with van der Waals surface area (Å²) in [5, 5.41) is 15.7. The van der Waals surface area contributed by atoms with Gasteiger partial charge in [0, 0.05) is 46.8 Å². The van der Waals surface area contributed by atoms with Crippen LogP contribution in [0, 0.1) is 23.7 Å². The van der Waals surface area contributed by atoms with E-state index >= 15 is 0 Å². The third kappa shape index (κ3) is 13.8. The van der Waals surface area contributed by atoms with Gasteiger partial charge in [0.25, 0.3) is 0 Å². The lowest BCUT2D eigenvalue weighted by molar-refractivity contribution is -0.148. The third-order valence-electron chi connectivity index (χ3n) is 11.8. The monoisotopic (exact) mass is 803 g/mol. The molecule has 5 N–H and O–H groups in total. The topological polar surface area (TPSA) is 184 Å². The summed E-state index contributed by atoms with van der Waals surface area (Å²) < 4.78 is 11.9. The number of benzene rings is 1. The molecule has 324 valence electrons. The fourth-order valence-electron chi connectivity index (χ4n) is 8.26. The Labute approximate surface area is 341 Å². The molecule has 0 aromatic heterocycles. The van der Waals surface area contributed by atoms with Gasteiger partial charge in [-0.05, 0) is 49.6 Å². The van der Waals surface area contributed by atoms with Crippen molar-refractivity contribution in [3.8, 4) is 0 Å². The molecule has 0 bridgehead atoms. The van der Waals surface area contributed by atoms with Crippen molar-refractivity contribution in [2.24, 2.45) is 29.4 Å². The fourth-order valence-corrected chi connectivity index (χ4v) is 8.26. The molecule has 0 aliphatic carbocycles. The number of likely N-dealkylation sites (tertiary alicyclic amines) is 1. The molecule has 1 aromatic rings. The standard InChI is InChI=1S/C43H74N6O8/c1-13-28(7)38(48(10)42(53)36(26(3)4)46-41(52)37(27(5)6)47(9)25-31(44)14-2)34(56-11)24-35(50)49-22-18-21-33(49)39(57-12)29(8)40(51)45-32(43(54)55)23-30-19-16-15-17-20-30/h15-17,19-20,26-29,31-34,36-39H,13-14,18,21-25,44H2,1-12H3,(H,45,51)(H,46,52)(H,54,55)/t28-,29+,31-,32-,33-,34+,36?,37-,38-,39+/m0/s1. The van der Waals surface area contributed by atoms with Crippen LogP contribution >= 0.6 is 0 Å². The summed E-state index contributed by atoms with van der Waals surface area (Å²) in [6.45, 7) is 16.5. The van der Waals surface area contributed by atoms with Gasteiger partial charge in [-0.3, -0.25) is 24.1 Å². The van der Waals surface area contributed by atoms with E-state index in [1.807, 2.05) is 90.7 Å². The van der Waals surface area contributed by atoms with Gasteiger partial charge in [0.2, 0.25) is 23.6 Å². The Hall–Kier alpha value is -3.59. The van der Waals surface area contributed by atoms with Gasteiger partial charge in [0.1, 0.15) is 12.1 Å². The van der Waals surface area contributed by atoms with E-state index in [0.29, 0.717) is 32.4 Å². The highest BCUT2D eigenvalue weighted by atomic mass is 16.5. The van der Waals surface area contributed by atoms with Crippen molar-refractivity contribution in [2.45, 2.75) is 142 Å². The van der Waals surface area contributed by atoms with E-state index in [2.05, 4.69) is 10.6 Å². The number of rotatable bonds is 24. The van der Waals surface area contributed by atoms with Crippen molar-refractivity contribution in [3.05, 3.63) is 35.9 Å². The molecule has 1 unspecified atom stereocenters. The minimum atomic E-state index is -1.14. The maximum Gasteiger partial charge on any atom is 0.326 e. The molecule has 14 nitrogen and oxygen atoms in total. The highest BCUT2D eigenvalue weighted by Crippen LogP contribution is 2.30.